The number of carbonyl (C=O) groups is 2. The molecule has 0 bridgehead atoms. The molecular formula is C18H17Br2ClN2O4. The largest absolute Gasteiger partial charge is 0.490 e. The van der Waals surface area contributed by atoms with Gasteiger partial charge in [0.15, 0.2) is 6.61 Å². The first-order valence-electron chi connectivity index (χ1n) is 7.89. The minimum atomic E-state index is -0.538. The Morgan fingerprint density at radius 2 is 1.67 bits per heavy atom. The number of hydrazine groups is 1. The number of ether oxygens (including phenoxy) is 2. The summed E-state index contributed by atoms with van der Waals surface area (Å²) in [6.45, 7) is 3.40. The molecule has 0 aromatic heterocycles. The molecule has 2 N–H and O–H groups in total. The van der Waals surface area contributed by atoms with E-state index in [9.17, 15) is 9.59 Å². The second kappa shape index (κ2) is 9.96. The van der Waals surface area contributed by atoms with Gasteiger partial charge in [-0.15, -0.1) is 0 Å². The van der Waals surface area contributed by atoms with Crippen LogP contribution in [0.25, 0.3) is 0 Å². The van der Waals surface area contributed by atoms with Crippen LogP contribution in [-0.2, 0) is 4.79 Å². The molecule has 0 radical (unpaired) electrons. The predicted molar refractivity (Wildman–Crippen MR) is 110 cm³/mol. The maximum Gasteiger partial charge on any atom is 0.276 e. The van der Waals surface area contributed by atoms with Crippen molar-refractivity contribution in [3.63, 3.8) is 0 Å². The highest BCUT2D eigenvalue weighted by molar-refractivity contribution is 9.10. The number of hydrogen-bond acceptors (Lipinski definition) is 4. The molecule has 0 unspecified atom stereocenters. The van der Waals surface area contributed by atoms with E-state index in [1.165, 1.54) is 0 Å². The van der Waals surface area contributed by atoms with E-state index in [-0.39, 0.29) is 18.3 Å². The van der Waals surface area contributed by atoms with E-state index < -0.39 is 11.8 Å². The lowest BCUT2D eigenvalue weighted by Gasteiger charge is -2.15. The normalized spacial score (nSPS) is 10.4. The third kappa shape index (κ3) is 6.71. The molecule has 0 aliphatic heterocycles. The Hall–Kier alpha value is -1.77. The lowest BCUT2D eigenvalue weighted by Crippen LogP contribution is -2.44. The average Bonchev–Trinajstić information content (AvgIpc) is 2.60. The maximum absolute atomic E-state index is 12.4. The minimum absolute atomic E-state index is 0.101. The molecule has 0 aliphatic rings. The van der Waals surface area contributed by atoms with Gasteiger partial charge in [-0.05, 0) is 50.2 Å². The van der Waals surface area contributed by atoms with Crippen LogP contribution < -0.4 is 20.3 Å². The van der Waals surface area contributed by atoms with E-state index in [0.29, 0.717) is 21.0 Å². The lowest BCUT2D eigenvalue weighted by molar-refractivity contribution is -0.123. The van der Waals surface area contributed by atoms with Gasteiger partial charge in [0.25, 0.3) is 11.8 Å². The first-order valence-corrected chi connectivity index (χ1v) is 9.86. The highest BCUT2D eigenvalue weighted by atomic mass is 79.9. The van der Waals surface area contributed by atoms with Crippen LogP contribution in [0.4, 0.5) is 0 Å². The molecule has 2 amide bonds. The highest BCUT2D eigenvalue weighted by Crippen LogP contribution is 2.27. The molecule has 27 heavy (non-hydrogen) atoms. The number of amides is 2. The molecule has 0 heterocycles. The van der Waals surface area contributed by atoms with Crippen molar-refractivity contribution in [1.29, 1.82) is 0 Å². The second-order valence-corrected chi connectivity index (χ2v) is 7.91. The monoisotopic (exact) mass is 518 g/mol. The molecule has 0 spiro atoms. The zero-order chi connectivity index (χ0) is 20.0. The van der Waals surface area contributed by atoms with Crippen molar-refractivity contribution in [2.45, 2.75) is 20.0 Å². The highest BCUT2D eigenvalue weighted by Gasteiger charge is 2.15. The van der Waals surface area contributed by atoms with Crippen molar-refractivity contribution in [1.82, 2.24) is 10.9 Å². The van der Waals surface area contributed by atoms with Crippen molar-refractivity contribution in [3.8, 4) is 11.5 Å². The van der Waals surface area contributed by atoms with Crippen LogP contribution in [0.15, 0.2) is 45.3 Å². The topological polar surface area (TPSA) is 76.7 Å². The molecule has 2 aromatic rings. The third-order valence-electron chi connectivity index (χ3n) is 3.12. The molecule has 0 saturated carbocycles. The fourth-order valence-electron chi connectivity index (χ4n) is 2.00. The number of hydrogen-bond donors (Lipinski definition) is 2. The molecule has 0 aliphatic carbocycles. The van der Waals surface area contributed by atoms with Crippen molar-refractivity contribution in [3.05, 3.63) is 55.9 Å². The van der Waals surface area contributed by atoms with Crippen LogP contribution in [0, 0.1) is 0 Å². The quantitative estimate of drug-likeness (QED) is 0.551. The van der Waals surface area contributed by atoms with E-state index in [0.717, 1.165) is 4.47 Å². The van der Waals surface area contributed by atoms with E-state index >= 15 is 0 Å². The van der Waals surface area contributed by atoms with Crippen LogP contribution in [0.5, 0.6) is 11.5 Å². The zero-order valence-corrected chi connectivity index (χ0v) is 18.4. The summed E-state index contributed by atoms with van der Waals surface area (Å²) >= 11 is 12.6. The molecular weight excluding hydrogens is 503 g/mol. The van der Waals surface area contributed by atoms with Crippen LogP contribution in [-0.4, -0.2) is 24.5 Å². The summed E-state index contributed by atoms with van der Waals surface area (Å²) in [5.74, 6) is -0.274. The van der Waals surface area contributed by atoms with Gasteiger partial charge in [0.05, 0.1) is 16.7 Å². The molecule has 0 saturated heterocycles. The summed E-state index contributed by atoms with van der Waals surface area (Å²) in [7, 11) is 0. The van der Waals surface area contributed by atoms with Crippen molar-refractivity contribution < 1.29 is 19.1 Å². The Morgan fingerprint density at radius 3 is 2.30 bits per heavy atom. The first-order chi connectivity index (χ1) is 12.8. The number of benzene rings is 2. The van der Waals surface area contributed by atoms with Gasteiger partial charge in [-0.2, -0.15) is 0 Å². The van der Waals surface area contributed by atoms with Gasteiger partial charge in [0, 0.05) is 8.95 Å². The van der Waals surface area contributed by atoms with E-state index in [4.69, 9.17) is 21.1 Å². The Labute approximate surface area is 178 Å². The van der Waals surface area contributed by atoms with Crippen LogP contribution in [0.1, 0.15) is 24.2 Å². The molecule has 6 nitrogen and oxygen atoms in total. The Morgan fingerprint density at radius 1 is 1.04 bits per heavy atom. The smallest absolute Gasteiger partial charge is 0.276 e. The van der Waals surface area contributed by atoms with Gasteiger partial charge in [-0.3, -0.25) is 20.4 Å². The second-order valence-electron chi connectivity index (χ2n) is 5.67. The van der Waals surface area contributed by atoms with Crippen molar-refractivity contribution in [2.24, 2.45) is 0 Å². The van der Waals surface area contributed by atoms with E-state index in [1.54, 1.807) is 36.4 Å². The SMILES string of the molecule is CC(C)Oc1ccc(Br)cc1C(=O)NNC(=O)COc1ccc(Br)cc1Cl. The van der Waals surface area contributed by atoms with Crippen molar-refractivity contribution >= 4 is 55.3 Å². The number of rotatable bonds is 6. The molecule has 2 aromatic carbocycles. The van der Waals surface area contributed by atoms with Gasteiger partial charge in [0.2, 0.25) is 0 Å². The molecule has 2 rings (SSSR count). The van der Waals surface area contributed by atoms with Crippen LogP contribution in [0.2, 0.25) is 5.02 Å². The molecule has 144 valence electrons. The molecule has 9 heteroatoms. The summed E-state index contributed by atoms with van der Waals surface area (Å²) in [6.07, 6.45) is -0.101. The fraction of sp³-hybridized carbons (Fsp3) is 0.222. The van der Waals surface area contributed by atoms with Crippen molar-refractivity contribution in [2.75, 3.05) is 6.61 Å². The third-order valence-corrected chi connectivity index (χ3v) is 4.40. The van der Waals surface area contributed by atoms with Crippen LogP contribution in [0.3, 0.4) is 0 Å². The Kier molecular flexibility index (Phi) is 7.94. The predicted octanol–water partition coefficient (Wildman–Crippen LogP) is 4.49. The first kappa shape index (κ1) is 21.5. The molecule has 0 fully saturated rings. The van der Waals surface area contributed by atoms with Gasteiger partial charge in [0.1, 0.15) is 11.5 Å². The van der Waals surface area contributed by atoms with E-state index in [1.807, 2.05) is 13.8 Å². The summed E-state index contributed by atoms with van der Waals surface area (Å²) < 4.78 is 12.5. The summed E-state index contributed by atoms with van der Waals surface area (Å²) in [5, 5.41) is 0.367. The summed E-state index contributed by atoms with van der Waals surface area (Å²) in [4.78, 5) is 24.3. The maximum atomic E-state index is 12.4. The number of nitrogens with one attached hydrogen (secondary N) is 2. The van der Waals surface area contributed by atoms with Gasteiger partial charge < -0.3 is 9.47 Å². The van der Waals surface area contributed by atoms with E-state index in [2.05, 4.69) is 42.7 Å². The standard InChI is InChI=1S/C18H17Br2ClN2O4/c1-10(2)27-15-5-3-11(19)7-13(15)18(25)23-22-17(24)9-26-16-6-4-12(20)8-14(16)21/h3-8,10H,9H2,1-2H3,(H,22,24)(H,23,25). The van der Waals surface area contributed by atoms with Crippen LogP contribution >= 0.6 is 43.5 Å². The van der Waals surface area contributed by atoms with Gasteiger partial charge in [-0.25, -0.2) is 0 Å². The van der Waals surface area contributed by atoms with Gasteiger partial charge in [-0.1, -0.05) is 43.5 Å². The number of halogens is 3. The average molecular weight is 521 g/mol. The van der Waals surface area contributed by atoms with Gasteiger partial charge >= 0.3 is 0 Å². The Balaban J connectivity index is 1.93. The minimum Gasteiger partial charge on any atom is -0.490 e. The summed E-state index contributed by atoms with van der Waals surface area (Å²) in [5.41, 5.74) is 4.92. The Bertz CT molecular complexity index is 846. The lowest BCUT2D eigenvalue weighted by atomic mass is 10.2. The molecule has 0 atom stereocenters. The summed E-state index contributed by atoms with van der Waals surface area (Å²) in [6, 6.07) is 10.1. The fourth-order valence-corrected chi connectivity index (χ4v) is 3.09. The number of carbonyl (C=O) groups excluding carboxylic acids is 2. The zero-order valence-electron chi connectivity index (χ0n) is 14.5.